The van der Waals surface area contributed by atoms with Gasteiger partial charge in [0.05, 0.1) is 55.2 Å². The smallest absolute Gasteiger partial charge is 0.332 e. The van der Waals surface area contributed by atoms with Gasteiger partial charge in [-0.15, -0.1) is 0 Å². The van der Waals surface area contributed by atoms with Gasteiger partial charge >= 0.3 is 41.8 Å². The lowest BCUT2D eigenvalue weighted by Gasteiger charge is -1.91. The molecule has 0 aliphatic carbocycles. The van der Waals surface area contributed by atoms with Crippen LogP contribution in [-0.4, -0.2) is 95.3 Å². The number of allylic oxidation sites excluding steroid dienone is 2. The predicted molar refractivity (Wildman–Crippen MR) is 176 cm³/mol. The molecule has 0 aromatic rings. The number of hydrogen-bond donors (Lipinski definition) is 1. The second-order valence-corrected chi connectivity index (χ2v) is 6.86. The highest BCUT2D eigenvalue weighted by atomic mass is 16.5. The lowest BCUT2D eigenvalue weighted by molar-refractivity contribution is -0.136. The standard InChI is InChI=1S/C6H8O3.C5H6O4.2C5H8O2.2C4H6O2.C3H6O/c1-5(7)3-4-6(8)9-2;1-9-5(8)3-2-4(6)7;1-4(2)5(6)7-3;1-3-4-5(6)7-2;1-3-4(5)6-2;1-3-6-4(2)5;1-3-4-2/h3-4H,1-2H3;2-3H,1H3,(H,6,7);1H2,2-3H3;3-4H,1-2H3;2*3H,1H2,2H3;3H,1H2,2H3. The van der Waals surface area contributed by atoms with Gasteiger partial charge in [0.25, 0.3) is 0 Å². The summed E-state index contributed by atoms with van der Waals surface area (Å²) in [5.74, 6) is -3.88. The largest absolute Gasteiger partial charge is 0.505 e. The van der Waals surface area contributed by atoms with E-state index in [0.29, 0.717) is 11.6 Å². The molecule has 0 aliphatic rings. The Morgan fingerprint density at radius 2 is 0.938 bits per heavy atom. The quantitative estimate of drug-likeness (QED) is 0.159. The molecule has 0 rings (SSSR count). The molecule has 0 heterocycles. The van der Waals surface area contributed by atoms with Gasteiger partial charge in [-0.3, -0.25) is 9.59 Å². The average molecular weight is 689 g/mol. The van der Waals surface area contributed by atoms with Gasteiger partial charge in [0.15, 0.2) is 5.78 Å². The molecule has 0 aromatic heterocycles. The Kier molecular flexibility index (Phi) is 57.4. The van der Waals surface area contributed by atoms with Crippen LogP contribution in [0.25, 0.3) is 0 Å². The molecule has 0 atom stereocenters. The van der Waals surface area contributed by atoms with Crippen molar-refractivity contribution in [3.05, 3.63) is 86.9 Å². The molecule has 16 nitrogen and oxygen atoms in total. The lowest BCUT2D eigenvalue weighted by atomic mass is 10.4. The minimum absolute atomic E-state index is 0.166. The summed E-state index contributed by atoms with van der Waals surface area (Å²) in [6.45, 7) is 19.0. The van der Waals surface area contributed by atoms with E-state index >= 15 is 0 Å². The molecule has 48 heavy (non-hydrogen) atoms. The van der Waals surface area contributed by atoms with Crippen LogP contribution in [0.4, 0.5) is 0 Å². The zero-order valence-electron chi connectivity index (χ0n) is 29.1. The van der Waals surface area contributed by atoms with Crippen LogP contribution in [0.2, 0.25) is 0 Å². The molecule has 0 spiro atoms. The van der Waals surface area contributed by atoms with Gasteiger partial charge in [-0.1, -0.05) is 32.4 Å². The fraction of sp³-hybridized carbons (Fsp3) is 0.312. The van der Waals surface area contributed by atoms with Crippen molar-refractivity contribution in [1.29, 1.82) is 0 Å². The molecular formula is C32H48O16. The lowest BCUT2D eigenvalue weighted by Crippen LogP contribution is -1.98. The third-order valence-electron chi connectivity index (χ3n) is 3.04. The summed E-state index contributed by atoms with van der Waals surface area (Å²) in [5.41, 5.74) is 0.433. The average Bonchev–Trinajstić information content (AvgIpc) is 3.06. The van der Waals surface area contributed by atoms with E-state index in [-0.39, 0.29) is 23.7 Å². The predicted octanol–water partition coefficient (Wildman–Crippen LogP) is 3.39. The maximum absolute atomic E-state index is 10.3. The maximum atomic E-state index is 10.3. The number of carboxylic acid groups (broad SMARTS) is 1. The van der Waals surface area contributed by atoms with Gasteiger partial charge in [-0.05, 0) is 26.8 Å². The highest BCUT2D eigenvalue weighted by molar-refractivity contribution is 5.94. The van der Waals surface area contributed by atoms with E-state index in [1.54, 1.807) is 27.0 Å². The zero-order valence-corrected chi connectivity index (χ0v) is 29.1. The van der Waals surface area contributed by atoms with E-state index in [2.05, 4.69) is 59.5 Å². The highest BCUT2D eigenvalue weighted by Crippen LogP contribution is 1.87. The summed E-state index contributed by atoms with van der Waals surface area (Å²) < 4.78 is 29.5. The first-order valence-electron chi connectivity index (χ1n) is 12.6. The molecule has 0 aliphatic heterocycles. The number of aliphatic carboxylic acids is 1. The second kappa shape index (κ2) is 47.9. The molecule has 0 saturated heterocycles. The first-order chi connectivity index (χ1) is 22.3. The van der Waals surface area contributed by atoms with Crippen molar-refractivity contribution in [2.45, 2.75) is 27.7 Å². The molecular weight excluding hydrogens is 640 g/mol. The van der Waals surface area contributed by atoms with E-state index in [1.165, 1.54) is 61.7 Å². The van der Waals surface area contributed by atoms with Gasteiger partial charge in [-0.25, -0.2) is 28.8 Å². The summed E-state index contributed by atoms with van der Waals surface area (Å²) in [5, 5.41) is 7.96. The minimum Gasteiger partial charge on any atom is -0.505 e. The molecule has 0 fully saturated rings. The zero-order chi connectivity index (χ0) is 39.5. The van der Waals surface area contributed by atoms with Gasteiger partial charge in [0.1, 0.15) is 0 Å². The second-order valence-electron chi connectivity index (χ2n) is 6.86. The van der Waals surface area contributed by atoms with Crippen LogP contribution in [0.1, 0.15) is 27.7 Å². The Labute approximate surface area is 281 Å². The summed E-state index contributed by atoms with van der Waals surface area (Å²) in [7, 11) is 7.98. The molecule has 0 aromatic carbocycles. The summed E-state index contributed by atoms with van der Waals surface area (Å²) in [6.07, 6.45) is 10.4. The summed E-state index contributed by atoms with van der Waals surface area (Å²) in [4.78, 5) is 80.2. The Hall–Kier alpha value is -6.06. The fourth-order valence-corrected chi connectivity index (χ4v) is 1.04. The molecule has 0 amide bonds. The van der Waals surface area contributed by atoms with Crippen LogP contribution in [0, 0.1) is 0 Å². The van der Waals surface area contributed by atoms with Crippen LogP contribution in [0.3, 0.4) is 0 Å². The van der Waals surface area contributed by atoms with Crippen molar-refractivity contribution < 1.29 is 76.6 Å². The van der Waals surface area contributed by atoms with Crippen LogP contribution >= 0.6 is 0 Å². The molecule has 0 radical (unpaired) electrons. The van der Waals surface area contributed by atoms with Crippen LogP contribution in [0.5, 0.6) is 0 Å². The van der Waals surface area contributed by atoms with Crippen molar-refractivity contribution in [2.75, 3.05) is 42.7 Å². The van der Waals surface area contributed by atoms with Crippen molar-refractivity contribution in [1.82, 2.24) is 0 Å². The Balaban J connectivity index is -0.0000000828. The van der Waals surface area contributed by atoms with E-state index in [9.17, 15) is 38.4 Å². The van der Waals surface area contributed by atoms with Crippen molar-refractivity contribution in [3.63, 3.8) is 0 Å². The van der Waals surface area contributed by atoms with Crippen LogP contribution in [0.15, 0.2) is 86.9 Å². The monoisotopic (exact) mass is 688 g/mol. The highest BCUT2D eigenvalue weighted by Gasteiger charge is 1.95. The third kappa shape index (κ3) is 83.4. The molecule has 16 heteroatoms. The molecule has 1 N–H and O–H groups in total. The number of ketones is 1. The number of hydrogen-bond acceptors (Lipinski definition) is 15. The Morgan fingerprint density at radius 1 is 0.562 bits per heavy atom. The third-order valence-corrected chi connectivity index (χ3v) is 3.04. The molecule has 0 bridgehead atoms. The van der Waals surface area contributed by atoms with Gasteiger partial charge in [-0.2, -0.15) is 0 Å². The van der Waals surface area contributed by atoms with E-state index in [1.807, 2.05) is 0 Å². The van der Waals surface area contributed by atoms with Gasteiger partial charge in [0.2, 0.25) is 0 Å². The van der Waals surface area contributed by atoms with Crippen molar-refractivity contribution in [3.8, 4) is 0 Å². The number of esters is 6. The van der Waals surface area contributed by atoms with E-state index in [0.717, 1.165) is 30.6 Å². The number of ether oxygens (including phenoxy) is 7. The first-order valence-corrected chi connectivity index (χ1v) is 12.6. The number of carboxylic acids is 1. The van der Waals surface area contributed by atoms with E-state index in [4.69, 9.17) is 5.11 Å². The fourth-order valence-electron chi connectivity index (χ4n) is 1.04. The van der Waals surface area contributed by atoms with E-state index < -0.39 is 23.9 Å². The minimum atomic E-state index is -1.17. The van der Waals surface area contributed by atoms with Gasteiger partial charge in [0, 0.05) is 42.9 Å². The Morgan fingerprint density at radius 3 is 1.06 bits per heavy atom. The molecule has 272 valence electrons. The topological polar surface area (TPSA) is 221 Å². The van der Waals surface area contributed by atoms with Gasteiger partial charge < -0.3 is 38.3 Å². The molecule has 0 unspecified atom stereocenters. The number of carbonyl (C=O) groups excluding carboxylic acids is 7. The number of carbonyl (C=O) groups is 8. The van der Waals surface area contributed by atoms with Crippen LogP contribution in [-0.2, 0) is 71.5 Å². The summed E-state index contributed by atoms with van der Waals surface area (Å²) >= 11 is 0. The Bertz CT molecular complexity index is 1040. The van der Waals surface area contributed by atoms with Crippen molar-refractivity contribution >= 4 is 47.6 Å². The first kappa shape index (κ1) is 57.6. The summed E-state index contributed by atoms with van der Waals surface area (Å²) in [6, 6.07) is 0. The van der Waals surface area contributed by atoms with Crippen molar-refractivity contribution in [2.24, 2.45) is 0 Å². The SMILES string of the molecule is C=C(C)C(=O)OC.C=CC(=O)OC.C=COC.C=COC(C)=O.CC=CC(=O)OC.COC(=O)C=CC(=O)O.COC(=O)C=CC(C)=O. The van der Waals surface area contributed by atoms with Crippen LogP contribution < -0.4 is 0 Å². The normalized spacial score (nSPS) is 8.21. The number of rotatable bonds is 9. The number of methoxy groups -OCH3 is 6. The maximum Gasteiger partial charge on any atom is 0.332 e. The molecule has 0 saturated carbocycles.